The first-order valence-corrected chi connectivity index (χ1v) is 10.9. The molecule has 0 saturated heterocycles. The van der Waals surface area contributed by atoms with E-state index in [9.17, 15) is 15.0 Å². The van der Waals surface area contributed by atoms with Gasteiger partial charge in [-0.25, -0.2) is 0 Å². The Kier molecular flexibility index (Phi) is 10.2. The smallest absolute Gasteiger partial charge is 0.151 e. The second-order valence-corrected chi connectivity index (χ2v) is 7.72. The first-order chi connectivity index (χ1) is 16.2. The van der Waals surface area contributed by atoms with Gasteiger partial charge < -0.3 is 29.2 Å². The second-order valence-electron chi connectivity index (χ2n) is 7.72. The molecule has 0 heterocycles. The minimum absolute atomic E-state index is 0.0505. The maximum absolute atomic E-state index is 11.5. The Morgan fingerprint density at radius 1 is 0.636 bits per heavy atom. The van der Waals surface area contributed by atoms with Gasteiger partial charge in [-0.1, -0.05) is 91.0 Å². The molecule has 0 fully saturated rings. The van der Waals surface area contributed by atoms with Gasteiger partial charge in [0.2, 0.25) is 0 Å². The van der Waals surface area contributed by atoms with Crippen LogP contribution in [0.3, 0.4) is 0 Å². The molecule has 0 unspecified atom stereocenters. The van der Waals surface area contributed by atoms with Crippen molar-refractivity contribution in [3.63, 3.8) is 0 Å². The van der Waals surface area contributed by atoms with Crippen molar-refractivity contribution in [2.24, 2.45) is 0 Å². The molecule has 0 amide bonds. The Bertz CT molecular complexity index is 919. The minimum atomic E-state index is -1.47. The van der Waals surface area contributed by atoms with E-state index >= 15 is 0 Å². The summed E-state index contributed by atoms with van der Waals surface area (Å²) in [6, 6.07) is 28.5. The number of hydrogen-bond acceptors (Lipinski definition) is 6. The molecule has 33 heavy (non-hydrogen) atoms. The Morgan fingerprint density at radius 2 is 1.06 bits per heavy atom. The summed E-state index contributed by atoms with van der Waals surface area (Å²) in [6.45, 7) is 0.595. The van der Waals surface area contributed by atoms with Gasteiger partial charge in [0.05, 0.1) is 26.4 Å². The summed E-state index contributed by atoms with van der Waals surface area (Å²) >= 11 is 0. The van der Waals surface area contributed by atoms with Crippen LogP contribution in [0.2, 0.25) is 0 Å². The molecule has 0 aliphatic rings. The fraction of sp³-hybridized carbons (Fsp3) is 0.296. The van der Waals surface area contributed by atoms with E-state index in [1.807, 2.05) is 91.0 Å². The highest BCUT2D eigenvalue weighted by Gasteiger charge is 2.35. The van der Waals surface area contributed by atoms with Gasteiger partial charge >= 0.3 is 0 Å². The molecular formula is C27H30O6. The van der Waals surface area contributed by atoms with Gasteiger partial charge in [-0.05, 0) is 16.7 Å². The number of aldehydes is 1. The van der Waals surface area contributed by atoms with Crippen LogP contribution in [0.1, 0.15) is 16.7 Å². The molecule has 0 aromatic heterocycles. The highest BCUT2D eigenvalue weighted by atomic mass is 16.6. The average molecular weight is 451 g/mol. The van der Waals surface area contributed by atoms with E-state index in [2.05, 4.69) is 0 Å². The van der Waals surface area contributed by atoms with Gasteiger partial charge in [0.25, 0.3) is 0 Å². The van der Waals surface area contributed by atoms with Crippen LogP contribution in [-0.2, 0) is 38.8 Å². The second kappa shape index (κ2) is 13.6. The average Bonchev–Trinajstić information content (AvgIpc) is 2.87. The number of aliphatic hydroxyl groups excluding tert-OH is 2. The van der Waals surface area contributed by atoms with Crippen LogP contribution >= 0.6 is 0 Å². The predicted octanol–water partition coefficient (Wildman–Crippen LogP) is 3.29. The third-order valence-electron chi connectivity index (χ3n) is 5.15. The summed E-state index contributed by atoms with van der Waals surface area (Å²) in [5.74, 6) is 0. The molecule has 0 spiro atoms. The lowest BCUT2D eigenvalue weighted by atomic mass is 10.0. The van der Waals surface area contributed by atoms with E-state index < -0.39 is 24.4 Å². The summed E-state index contributed by atoms with van der Waals surface area (Å²) < 4.78 is 17.6. The molecule has 0 radical (unpaired) electrons. The quantitative estimate of drug-likeness (QED) is 0.367. The molecule has 4 atom stereocenters. The highest BCUT2D eigenvalue weighted by Crippen LogP contribution is 2.18. The van der Waals surface area contributed by atoms with E-state index in [0.29, 0.717) is 12.9 Å². The number of aliphatic hydroxyl groups is 2. The SMILES string of the molecule is O=C[C@@H](O)[C@@H](OCc1ccccc1)[C@H](OCc1ccccc1)[C@H](O)COCc1ccccc1. The largest absolute Gasteiger partial charge is 0.388 e. The lowest BCUT2D eigenvalue weighted by Crippen LogP contribution is -2.49. The van der Waals surface area contributed by atoms with Gasteiger partial charge in [0.1, 0.15) is 24.4 Å². The van der Waals surface area contributed by atoms with E-state index in [1.54, 1.807) is 0 Å². The standard InChI is InChI=1S/C27H30O6/c28-16-24(29)26(32-18-22-12-6-2-7-13-22)27(33-19-23-14-8-3-9-15-23)25(30)20-31-17-21-10-4-1-5-11-21/h1-16,24-27,29-30H,17-20H2/t24-,25-,26-,27-/m1/s1. The molecule has 0 aliphatic carbocycles. The molecule has 3 aromatic carbocycles. The number of carbonyl (C=O) groups excluding carboxylic acids is 1. The van der Waals surface area contributed by atoms with Crippen LogP contribution in [0.15, 0.2) is 91.0 Å². The van der Waals surface area contributed by atoms with Crippen molar-refractivity contribution < 1.29 is 29.2 Å². The summed E-state index contributed by atoms with van der Waals surface area (Å²) in [5, 5.41) is 21.3. The normalized spacial score (nSPS) is 14.8. The van der Waals surface area contributed by atoms with Crippen molar-refractivity contribution in [1.29, 1.82) is 0 Å². The summed E-state index contributed by atoms with van der Waals surface area (Å²) in [6.07, 6.45) is -4.29. The maximum Gasteiger partial charge on any atom is 0.151 e. The van der Waals surface area contributed by atoms with Crippen LogP contribution in [0.4, 0.5) is 0 Å². The van der Waals surface area contributed by atoms with Crippen molar-refractivity contribution in [2.45, 2.75) is 44.2 Å². The zero-order valence-electron chi connectivity index (χ0n) is 18.4. The zero-order valence-corrected chi connectivity index (χ0v) is 18.4. The van der Waals surface area contributed by atoms with E-state index in [0.717, 1.165) is 16.7 Å². The number of rotatable bonds is 14. The third-order valence-corrected chi connectivity index (χ3v) is 5.15. The van der Waals surface area contributed by atoms with Crippen LogP contribution in [0.5, 0.6) is 0 Å². The number of carbonyl (C=O) groups is 1. The highest BCUT2D eigenvalue weighted by molar-refractivity contribution is 5.56. The van der Waals surface area contributed by atoms with E-state index in [-0.39, 0.29) is 19.8 Å². The van der Waals surface area contributed by atoms with Crippen molar-refractivity contribution in [3.05, 3.63) is 108 Å². The number of ether oxygens (including phenoxy) is 3. The molecule has 174 valence electrons. The Balaban J connectivity index is 1.70. The molecule has 0 aliphatic heterocycles. The van der Waals surface area contributed by atoms with E-state index in [1.165, 1.54) is 0 Å². The van der Waals surface area contributed by atoms with Crippen molar-refractivity contribution in [2.75, 3.05) is 6.61 Å². The van der Waals surface area contributed by atoms with Crippen LogP contribution < -0.4 is 0 Å². The van der Waals surface area contributed by atoms with Gasteiger partial charge in [0.15, 0.2) is 6.29 Å². The molecule has 6 nitrogen and oxygen atoms in total. The molecular weight excluding hydrogens is 420 g/mol. The Morgan fingerprint density at radius 3 is 1.52 bits per heavy atom. The monoisotopic (exact) mass is 450 g/mol. The number of hydrogen-bond donors (Lipinski definition) is 2. The summed E-state index contributed by atoms with van der Waals surface area (Å²) in [5.41, 5.74) is 2.73. The van der Waals surface area contributed by atoms with Crippen LogP contribution in [0, 0.1) is 0 Å². The molecule has 3 rings (SSSR count). The summed E-state index contributed by atoms with van der Waals surface area (Å²) in [4.78, 5) is 11.5. The summed E-state index contributed by atoms with van der Waals surface area (Å²) in [7, 11) is 0. The zero-order chi connectivity index (χ0) is 23.3. The molecule has 0 bridgehead atoms. The van der Waals surface area contributed by atoms with Gasteiger partial charge in [0, 0.05) is 0 Å². The maximum atomic E-state index is 11.5. The minimum Gasteiger partial charge on any atom is -0.388 e. The molecule has 0 saturated carbocycles. The third kappa shape index (κ3) is 8.20. The van der Waals surface area contributed by atoms with Crippen LogP contribution in [0.25, 0.3) is 0 Å². The molecule has 3 aromatic rings. The van der Waals surface area contributed by atoms with Gasteiger partial charge in [-0.15, -0.1) is 0 Å². The lowest BCUT2D eigenvalue weighted by Gasteiger charge is -2.32. The fourth-order valence-corrected chi connectivity index (χ4v) is 3.39. The first kappa shape index (κ1) is 24.8. The first-order valence-electron chi connectivity index (χ1n) is 10.9. The Labute approximate surface area is 194 Å². The lowest BCUT2D eigenvalue weighted by molar-refractivity contribution is -0.176. The van der Waals surface area contributed by atoms with Crippen molar-refractivity contribution in [3.8, 4) is 0 Å². The molecule has 6 heteroatoms. The van der Waals surface area contributed by atoms with Crippen molar-refractivity contribution in [1.82, 2.24) is 0 Å². The Hall–Kier alpha value is -2.87. The topological polar surface area (TPSA) is 85.2 Å². The van der Waals surface area contributed by atoms with Crippen molar-refractivity contribution >= 4 is 6.29 Å². The van der Waals surface area contributed by atoms with E-state index in [4.69, 9.17) is 14.2 Å². The van der Waals surface area contributed by atoms with Gasteiger partial charge in [-0.3, -0.25) is 0 Å². The van der Waals surface area contributed by atoms with Crippen LogP contribution in [-0.4, -0.2) is 47.5 Å². The van der Waals surface area contributed by atoms with Gasteiger partial charge in [-0.2, -0.15) is 0 Å². The predicted molar refractivity (Wildman–Crippen MR) is 124 cm³/mol. The molecule has 2 N–H and O–H groups in total. The fourth-order valence-electron chi connectivity index (χ4n) is 3.39. The number of benzene rings is 3.